The first-order chi connectivity index (χ1) is 10.6. The predicted molar refractivity (Wildman–Crippen MR) is 84.6 cm³/mol. The van der Waals surface area contributed by atoms with Crippen molar-refractivity contribution < 1.29 is 4.74 Å². The van der Waals surface area contributed by atoms with Crippen molar-refractivity contribution in [1.29, 1.82) is 0 Å². The number of hydrogen-bond acceptors (Lipinski definition) is 5. The quantitative estimate of drug-likeness (QED) is 0.939. The van der Waals surface area contributed by atoms with Gasteiger partial charge in [0.2, 0.25) is 0 Å². The van der Waals surface area contributed by atoms with Gasteiger partial charge < -0.3 is 14.6 Å². The third-order valence-electron chi connectivity index (χ3n) is 4.14. The Kier molecular flexibility index (Phi) is 4.38. The first-order valence-electron chi connectivity index (χ1n) is 7.77. The fourth-order valence-corrected chi connectivity index (χ4v) is 3.07. The second kappa shape index (κ2) is 6.44. The van der Waals surface area contributed by atoms with Gasteiger partial charge in [-0.25, -0.2) is 15.0 Å². The van der Waals surface area contributed by atoms with Crippen molar-refractivity contribution in [3.05, 3.63) is 35.8 Å². The zero-order valence-electron chi connectivity index (χ0n) is 13.4. The van der Waals surface area contributed by atoms with Crippen LogP contribution in [0.25, 0.3) is 0 Å². The van der Waals surface area contributed by atoms with E-state index >= 15 is 0 Å². The summed E-state index contributed by atoms with van der Waals surface area (Å²) in [5, 5.41) is 3.58. The van der Waals surface area contributed by atoms with E-state index in [0.29, 0.717) is 5.92 Å². The lowest BCUT2D eigenvalue weighted by molar-refractivity contribution is 0.0594. The Labute approximate surface area is 131 Å². The molecule has 0 aliphatic carbocycles. The van der Waals surface area contributed by atoms with Gasteiger partial charge in [-0.1, -0.05) is 0 Å². The number of imidazole rings is 1. The Morgan fingerprint density at radius 1 is 1.27 bits per heavy atom. The number of nitrogens with one attached hydrogen (secondary N) is 1. The number of anilines is 1. The van der Waals surface area contributed by atoms with E-state index < -0.39 is 0 Å². The molecule has 3 rings (SSSR count). The number of hydrogen-bond donors (Lipinski definition) is 1. The van der Waals surface area contributed by atoms with Gasteiger partial charge in [-0.3, -0.25) is 0 Å². The normalized spacial score (nSPS) is 17.4. The van der Waals surface area contributed by atoms with Gasteiger partial charge in [0.05, 0.1) is 6.04 Å². The number of aromatic nitrogens is 4. The fourth-order valence-electron chi connectivity index (χ4n) is 3.07. The SMILES string of the molecule is Cc1cc(NC(c2nccn2C)C2CCOCC2)nc(C)n1. The molecule has 0 bridgehead atoms. The first kappa shape index (κ1) is 15.0. The topological polar surface area (TPSA) is 64.9 Å². The molecule has 1 saturated heterocycles. The third kappa shape index (κ3) is 3.27. The van der Waals surface area contributed by atoms with Gasteiger partial charge >= 0.3 is 0 Å². The zero-order chi connectivity index (χ0) is 15.5. The molecule has 1 atom stereocenters. The van der Waals surface area contributed by atoms with E-state index in [1.165, 1.54) is 0 Å². The zero-order valence-corrected chi connectivity index (χ0v) is 13.4. The lowest BCUT2D eigenvalue weighted by Gasteiger charge is -2.31. The number of ether oxygens (including phenoxy) is 1. The van der Waals surface area contributed by atoms with E-state index in [-0.39, 0.29) is 6.04 Å². The highest BCUT2D eigenvalue weighted by Gasteiger charge is 2.28. The van der Waals surface area contributed by atoms with Crippen molar-refractivity contribution in [2.24, 2.45) is 13.0 Å². The largest absolute Gasteiger partial charge is 0.381 e. The molecule has 118 valence electrons. The molecular formula is C16H23N5O. The van der Waals surface area contributed by atoms with Crippen LogP contribution in [0.15, 0.2) is 18.5 Å². The molecule has 0 saturated carbocycles. The summed E-state index contributed by atoms with van der Waals surface area (Å²) in [7, 11) is 2.03. The molecule has 0 amide bonds. The standard InChI is InChI=1S/C16H23N5O/c1-11-10-14(19-12(2)18-11)20-15(13-4-8-22-9-5-13)16-17-6-7-21(16)3/h6-7,10,13,15H,4-5,8-9H2,1-3H3,(H,18,19,20). The van der Waals surface area contributed by atoms with Gasteiger partial charge in [-0.15, -0.1) is 0 Å². The Hall–Kier alpha value is -1.95. The summed E-state index contributed by atoms with van der Waals surface area (Å²) in [6.07, 6.45) is 5.90. The van der Waals surface area contributed by atoms with E-state index in [1.54, 1.807) is 0 Å². The Balaban J connectivity index is 1.89. The summed E-state index contributed by atoms with van der Waals surface area (Å²) >= 11 is 0. The second-order valence-electron chi connectivity index (χ2n) is 5.91. The minimum atomic E-state index is 0.137. The Morgan fingerprint density at radius 2 is 2.05 bits per heavy atom. The lowest BCUT2D eigenvalue weighted by Crippen LogP contribution is -2.29. The van der Waals surface area contributed by atoms with Crippen LogP contribution in [-0.2, 0) is 11.8 Å². The molecule has 6 heteroatoms. The Bertz CT molecular complexity index is 613. The molecule has 2 aromatic rings. The second-order valence-corrected chi connectivity index (χ2v) is 5.91. The molecule has 6 nitrogen and oxygen atoms in total. The van der Waals surface area contributed by atoms with Crippen molar-refractivity contribution >= 4 is 5.82 Å². The van der Waals surface area contributed by atoms with E-state index in [2.05, 4.69) is 24.8 Å². The van der Waals surface area contributed by atoms with Crippen molar-refractivity contribution in [2.75, 3.05) is 18.5 Å². The van der Waals surface area contributed by atoms with Gasteiger partial charge in [-0.2, -0.15) is 0 Å². The molecule has 1 unspecified atom stereocenters. The van der Waals surface area contributed by atoms with Crippen molar-refractivity contribution in [3.8, 4) is 0 Å². The van der Waals surface area contributed by atoms with Crippen LogP contribution in [0.5, 0.6) is 0 Å². The average Bonchev–Trinajstić information content (AvgIpc) is 2.91. The number of aryl methyl sites for hydroxylation is 3. The molecule has 3 heterocycles. The van der Waals surface area contributed by atoms with Gasteiger partial charge in [-0.05, 0) is 32.6 Å². The summed E-state index contributed by atoms with van der Waals surface area (Å²) in [6.45, 7) is 5.54. The van der Waals surface area contributed by atoms with Crippen LogP contribution in [0.2, 0.25) is 0 Å². The molecular weight excluding hydrogens is 278 g/mol. The number of nitrogens with zero attached hydrogens (tertiary/aromatic N) is 4. The smallest absolute Gasteiger partial charge is 0.131 e. The molecule has 2 aromatic heterocycles. The van der Waals surface area contributed by atoms with Crippen molar-refractivity contribution in [1.82, 2.24) is 19.5 Å². The monoisotopic (exact) mass is 301 g/mol. The highest BCUT2D eigenvalue weighted by Crippen LogP contribution is 2.31. The maximum atomic E-state index is 5.51. The molecule has 0 aromatic carbocycles. The summed E-state index contributed by atoms with van der Waals surface area (Å²) in [5.74, 6) is 3.18. The molecule has 0 radical (unpaired) electrons. The average molecular weight is 301 g/mol. The van der Waals surface area contributed by atoms with Crippen LogP contribution in [0, 0.1) is 19.8 Å². The van der Waals surface area contributed by atoms with E-state index in [9.17, 15) is 0 Å². The van der Waals surface area contributed by atoms with E-state index in [4.69, 9.17) is 4.74 Å². The first-order valence-corrected chi connectivity index (χ1v) is 7.77. The van der Waals surface area contributed by atoms with Crippen LogP contribution < -0.4 is 5.32 Å². The van der Waals surface area contributed by atoms with Crippen LogP contribution in [0.4, 0.5) is 5.82 Å². The highest BCUT2D eigenvalue weighted by molar-refractivity contribution is 5.38. The molecule has 0 spiro atoms. The van der Waals surface area contributed by atoms with Crippen LogP contribution in [0.3, 0.4) is 0 Å². The van der Waals surface area contributed by atoms with Crippen molar-refractivity contribution in [3.63, 3.8) is 0 Å². The maximum Gasteiger partial charge on any atom is 0.131 e. The van der Waals surface area contributed by atoms with E-state index in [0.717, 1.165) is 49.2 Å². The van der Waals surface area contributed by atoms with Crippen LogP contribution in [-0.4, -0.2) is 32.7 Å². The molecule has 1 N–H and O–H groups in total. The highest BCUT2D eigenvalue weighted by atomic mass is 16.5. The summed E-state index contributed by atoms with van der Waals surface area (Å²) in [6, 6.07) is 2.13. The predicted octanol–water partition coefficient (Wildman–Crippen LogP) is 2.41. The molecule has 22 heavy (non-hydrogen) atoms. The third-order valence-corrected chi connectivity index (χ3v) is 4.14. The summed E-state index contributed by atoms with van der Waals surface area (Å²) in [5.41, 5.74) is 0.973. The maximum absolute atomic E-state index is 5.51. The van der Waals surface area contributed by atoms with Gasteiger partial charge in [0.1, 0.15) is 17.5 Å². The lowest BCUT2D eigenvalue weighted by atomic mass is 9.91. The van der Waals surface area contributed by atoms with Crippen LogP contribution in [0.1, 0.15) is 36.2 Å². The minimum Gasteiger partial charge on any atom is -0.381 e. The molecule has 1 aliphatic heterocycles. The van der Waals surface area contributed by atoms with Crippen LogP contribution >= 0.6 is 0 Å². The number of rotatable bonds is 4. The minimum absolute atomic E-state index is 0.137. The Morgan fingerprint density at radius 3 is 2.68 bits per heavy atom. The van der Waals surface area contributed by atoms with Gasteiger partial charge in [0, 0.05) is 44.4 Å². The molecule has 1 fully saturated rings. The van der Waals surface area contributed by atoms with Crippen molar-refractivity contribution in [2.45, 2.75) is 32.7 Å². The summed E-state index contributed by atoms with van der Waals surface area (Å²) < 4.78 is 7.58. The van der Waals surface area contributed by atoms with E-state index in [1.807, 2.05) is 39.4 Å². The van der Waals surface area contributed by atoms with Gasteiger partial charge in [0.25, 0.3) is 0 Å². The molecule has 1 aliphatic rings. The fraction of sp³-hybridized carbons (Fsp3) is 0.562. The van der Waals surface area contributed by atoms with Gasteiger partial charge in [0.15, 0.2) is 0 Å². The summed E-state index contributed by atoms with van der Waals surface area (Å²) in [4.78, 5) is 13.4.